The normalized spacial score (nSPS) is 42.0. The molecule has 5 rings (SSSR count). The van der Waals surface area contributed by atoms with Crippen LogP contribution >= 0.6 is 0 Å². The first-order valence-corrected chi connectivity index (χ1v) is 17.3. The Balaban J connectivity index is 1.62. The Hall–Kier alpha value is -2.42. The van der Waals surface area contributed by atoms with Gasteiger partial charge in [-0.05, 0) is 91.3 Å². The van der Waals surface area contributed by atoms with Crippen molar-refractivity contribution in [2.75, 3.05) is 20.3 Å². The summed E-state index contributed by atoms with van der Waals surface area (Å²) in [6.07, 6.45) is 7.87. The summed E-state index contributed by atoms with van der Waals surface area (Å²) in [5, 5.41) is 12.0. The molecule has 5 aliphatic carbocycles. The van der Waals surface area contributed by atoms with E-state index < -0.39 is 40.9 Å². The number of hydrogen-bond acceptors (Lipinski definition) is 9. The Labute approximate surface area is 274 Å². The lowest BCUT2D eigenvalue weighted by atomic mass is 9.33. The predicted molar refractivity (Wildman–Crippen MR) is 170 cm³/mol. The van der Waals surface area contributed by atoms with Crippen molar-refractivity contribution in [3.05, 3.63) is 11.6 Å². The summed E-state index contributed by atoms with van der Waals surface area (Å²) < 4.78 is 22.9. The molecule has 0 aromatic carbocycles. The number of ether oxygens (including phenoxy) is 4. The highest BCUT2D eigenvalue weighted by atomic mass is 16.6. The zero-order chi connectivity index (χ0) is 34.1. The van der Waals surface area contributed by atoms with Crippen molar-refractivity contribution in [2.24, 2.45) is 50.2 Å². The molecule has 9 heteroatoms. The third kappa shape index (κ3) is 4.95. The van der Waals surface area contributed by atoms with E-state index in [1.807, 2.05) is 0 Å². The third-order valence-corrected chi connectivity index (χ3v) is 14.4. The van der Waals surface area contributed by atoms with Gasteiger partial charge in [-0.3, -0.25) is 19.2 Å². The highest BCUT2D eigenvalue weighted by Gasteiger charge is 2.72. The molecule has 0 radical (unpaired) electrons. The summed E-state index contributed by atoms with van der Waals surface area (Å²) >= 11 is 0. The molecule has 0 spiro atoms. The summed E-state index contributed by atoms with van der Waals surface area (Å²) in [6.45, 7) is 15.5. The van der Waals surface area contributed by atoms with Gasteiger partial charge in [0.1, 0.15) is 19.3 Å². The van der Waals surface area contributed by atoms with Gasteiger partial charge in [-0.15, -0.1) is 0 Å². The molecule has 0 bridgehead atoms. The number of aliphatic hydroxyl groups excluding tert-OH is 1. The van der Waals surface area contributed by atoms with Gasteiger partial charge in [0.25, 0.3) is 0 Å². The first kappa shape index (κ1) is 34.9. The molecule has 0 aromatic rings. The van der Waals surface area contributed by atoms with Crippen LogP contribution in [0.1, 0.15) is 113 Å². The molecule has 0 amide bonds. The Morgan fingerprint density at radius 1 is 0.804 bits per heavy atom. The summed E-state index contributed by atoms with van der Waals surface area (Å²) in [5.74, 6) is -1.61. The van der Waals surface area contributed by atoms with E-state index in [0.717, 1.165) is 38.5 Å². The van der Waals surface area contributed by atoms with Crippen molar-refractivity contribution in [2.45, 2.75) is 125 Å². The Bertz CT molecular complexity index is 1280. The van der Waals surface area contributed by atoms with Crippen LogP contribution in [-0.4, -0.2) is 61.5 Å². The fourth-order valence-electron chi connectivity index (χ4n) is 11.7. The largest absolute Gasteiger partial charge is 0.469 e. The summed E-state index contributed by atoms with van der Waals surface area (Å²) in [5.41, 5.74) is -1.41. The van der Waals surface area contributed by atoms with Gasteiger partial charge >= 0.3 is 23.9 Å². The van der Waals surface area contributed by atoms with Crippen molar-refractivity contribution >= 4 is 23.9 Å². The number of methoxy groups -OCH3 is 1. The second-order valence-electron chi connectivity index (χ2n) is 16.8. The number of carbonyl (C=O) groups is 4. The fourth-order valence-corrected chi connectivity index (χ4v) is 11.7. The Morgan fingerprint density at radius 3 is 1.98 bits per heavy atom. The first-order valence-electron chi connectivity index (χ1n) is 17.3. The summed E-state index contributed by atoms with van der Waals surface area (Å²) in [7, 11) is 1.47. The molecule has 46 heavy (non-hydrogen) atoms. The van der Waals surface area contributed by atoms with Crippen LogP contribution in [-0.2, 0) is 38.1 Å². The van der Waals surface area contributed by atoms with Gasteiger partial charge in [0.05, 0.1) is 24.0 Å². The van der Waals surface area contributed by atoms with Crippen molar-refractivity contribution in [3.63, 3.8) is 0 Å². The third-order valence-electron chi connectivity index (χ3n) is 14.4. The van der Waals surface area contributed by atoms with Crippen molar-refractivity contribution < 1.29 is 43.2 Å². The standard InChI is InChI=1S/C37H56O9/c1-22(38)44-20-37(21-45-23(2)39)27-12-15-35(8)26(33(27,6)14-13-28(37)46-24(3)40)11-10-25-29-30(41)32(4,5)16-18-36(29,31(42)43-9)19-17-34(25,35)7/h10,26-30,41H,11-21H2,1-9H3/t26-,27-,28-,29+,30-,33-,34+,35-,36+/m0/s1. The van der Waals surface area contributed by atoms with Gasteiger partial charge in [-0.2, -0.15) is 0 Å². The van der Waals surface area contributed by atoms with Crippen LogP contribution in [0.4, 0.5) is 0 Å². The topological polar surface area (TPSA) is 125 Å². The monoisotopic (exact) mass is 644 g/mol. The minimum absolute atomic E-state index is 0.000602. The van der Waals surface area contributed by atoms with Gasteiger partial charge < -0.3 is 24.1 Å². The average molecular weight is 645 g/mol. The van der Waals surface area contributed by atoms with E-state index >= 15 is 0 Å². The van der Waals surface area contributed by atoms with Crippen LogP contribution in [0.2, 0.25) is 0 Å². The second-order valence-corrected chi connectivity index (χ2v) is 16.8. The molecule has 9 atom stereocenters. The van der Waals surface area contributed by atoms with Crippen LogP contribution < -0.4 is 0 Å². The maximum atomic E-state index is 13.6. The average Bonchev–Trinajstić information content (AvgIpc) is 2.97. The maximum Gasteiger partial charge on any atom is 0.312 e. The number of allylic oxidation sites excluding steroid dienone is 1. The smallest absolute Gasteiger partial charge is 0.312 e. The Morgan fingerprint density at radius 2 is 1.41 bits per heavy atom. The molecule has 0 heterocycles. The second kappa shape index (κ2) is 11.6. The van der Waals surface area contributed by atoms with Crippen molar-refractivity contribution in [3.8, 4) is 0 Å². The van der Waals surface area contributed by atoms with Crippen LogP contribution in [0, 0.1) is 50.2 Å². The van der Waals surface area contributed by atoms with Gasteiger partial charge in [-0.25, -0.2) is 0 Å². The number of esters is 4. The molecule has 5 aliphatic rings. The lowest BCUT2D eigenvalue weighted by Crippen LogP contribution is -2.68. The molecule has 0 saturated heterocycles. The number of aliphatic hydroxyl groups is 1. The van der Waals surface area contributed by atoms with Gasteiger partial charge in [0.15, 0.2) is 0 Å². The quantitative estimate of drug-likeness (QED) is 0.212. The zero-order valence-electron chi connectivity index (χ0n) is 29.5. The minimum Gasteiger partial charge on any atom is -0.469 e. The van der Waals surface area contributed by atoms with Crippen LogP contribution in [0.15, 0.2) is 11.6 Å². The van der Waals surface area contributed by atoms with E-state index in [1.54, 1.807) is 0 Å². The van der Waals surface area contributed by atoms with E-state index in [9.17, 15) is 24.3 Å². The Kier molecular flexibility index (Phi) is 8.82. The lowest BCUT2D eigenvalue weighted by molar-refractivity contribution is -0.243. The summed E-state index contributed by atoms with van der Waals surface area (Å²) in [6, 6.07) is 0. The minimum atomic E-state index is -0.890. The molecule has 0 aliphatic heterocycles. The van der Waals surface area contributed by atoms with Gasteiger partial charge in [0, 0.05) is 26.7 Å². The van der Waals surface area contributed by atoms with Gasteiger partial charge in [0.2, 0.25) is 0 Å². The van der Waals surface area contributed by atoms with E-state index in [0.29, 0.717) is 19.3 Å². The molecule has 9 nitrogen and oxygen atoms in total. The van der Waals surface area contributed by atoms with E-state index in [2.05, 4.69) is 40.7 Å². The molecular formula is C37H56O9. The molecule has 258 valence electrons. The highest BCUT2D eigenvalue weighted by molar-refractivity contribution is 5.79. The molecule has 0 unspecified atom stereocenters. The maximum absolute atomic E-state index is 13.6. The van der Waals surface area contributed by atoms with Crippen LogP contribution in [0.3, 0.4) is 0 Å². The molecule has 1 N–H and O–H groups in total. The van der Waals surface area contributed by atoms with E-state index in [1.165, 1.54) is 33.5 Å². The fraction of sp³-hybridized carbons (Fsp3) is 0.838. The zero-order valence-corrected chi connectivity index (χ0v) is 29.5. The van der Waals surface area contributed by atoms with Crippen molar-refractivity contribution in [1.82, 2.24) is 0 Å². The first-order chi connectivity index (χ1) is 21.3. The summed E-state index contributed by atoms with van der Waals surface area (Å²) in [4.78, 5) is 50.4. The SMILES string of the molecule is COC(=O)[C@@]12CCC(C)(C)[C@@H](O)[C@H]1C1=CC[C@H]3[C@]4(C)CC[C@H](OC(C)=O)C(COC(C)=O)(COC(C)=O)[C@H]4CC[C@]3(C)[C@]1(C)CC2. The van der Waals surface area contributed by atoms with E-state index in [4.69, 9.17) is 18.9 Å². The number of rotatable bonds is 6. The molecule has 0 aromatic heterocycles. The number of carbonyl (C=O) groups excluding carboxylic acids is 4. The predicted octanol–water partition coefficient (Wildman–Crippen LogP) is 5.95. The number of fused-ring (bicyclic) bond motifs is 7. The van der Waals surface area contributed by atoms with Gasteiger partial charge in [-0.1, -0.05) is 46.3 Å². The van der Waals surface area contributed by atoms with Crippen LogP contribution in [0.5, 0.6) is 0 Å². The van der Waals surface area contributed by atoms with Crippen molar-refractivity contribution in [1.29, 1.82) is 0 Å². The highest BCUT2D eigenvalue weighted by Crippen LogP contribution is 2.76. The van der Waals surface area contributed by atoms with Crippen LogP contribution in [0.25, 0.3) is 0 Å². The number of hydrogen-bond donors (Lipinski definition) is 1. The van der Waals surface area contributed by atoms with E-state index in [-0.39, 0.29) is 58.6 Å². The lowest BCUT2D eigenvalue weighted by Gasteiger charge is -2.71. The molecule has 4 saturated carbocycles. The molecular weight excluding hydrogens is 588 g/mol. The molecule has 4 fully saturated rings.